The van der Waals surface area contributed by atoms with E-state index in [-0.39, 0.29) is 27.9 Å². The molecule has 0 aliphatic carbocycles. The van der Waals surface area contributed by atoms with E-state index in [1.165, 1.54) is 24.3 Å². The largest absolute Gasteiger partial charge is 0.478 e. The number of hydrogen-bond donors (Lipinski definition) is 1. The molecule has 1 N–H and O–H groups in total. The standard InChI is InChI=1S/C13H9ClN2O5/c1-7-4-8(13(17)18)5-12(15-7)21-11-3-2-9(16(19)20)6-10(11)14/h2-6H,1H3,(H,17,18). The van der Waals surface area contributed by atoms with Crippen molar-refractivity contribution in [1.82, 2.24) is 4.98 Å². The molecule has 21 heavy (non-hydrogen) atoms. The Hall–Kier alpha value is -2.67. The zero-order chi connectivity index (χ0) is 15.6. The lowest BCUT2D eigenvalue weighted by Crippen LogP contribution is -2.00. The number of rotatable bonds is 4. The Kier molecular flexibility index (Phi) is 4.04. The summed E-state index contributed by atoms with van der Waals surface area (Å²) in [6.07, 6.45) is 0. The van der Waals surface area contributed by atoms with Crippen molar-refractivity contribution in [3.05, 3.63) is 56.7 Å². The number of benzene rings is 1. The van der Waals surface area contributed by atoms with Gasteiger partial charge in [0.15, 0.2) is 0 Å². The molecule has 1 aromatic carbocycles. The first kappa shape index (κ1) is 14.7. The number of carboxylic acid groups (broad SMARTS) is 1. The Morgan fingerprint density at radius 3 is 2.67 bits per heavy atom. The van der Waals surface area contributed by atoms with Crippen LogP contribution in [0.25, 0.3) is 0 Å². The Labute approximate surface area is 123 Å². The molecular formula is C13H9ClN2O5. The maximum Gasteiger partial charge on any atom is 0.335 e. The van der Waals surface area contributed by atoms with E-state index in [0.717, 1.165) is 6.07 Å². The lowest BCUT2D eigenvalue weighted by atomic mass is 10.2. The molecular weight excluding hydrogens is 300 g/mol. The Bertz CT molecular complexity index is 732. The lowest BCUT2D eigenvalue weighted by molar-refractivity contribution is -0.384. The van der Waals surface area contributed by atoms with Crippen LogP contribution in [0.2, 0.25) is 5.02 Å². The number of nitro groups is 1. The first-order chi connectivity index (χ1) is 9.86. The van der Waals surface area contributed by atoms with Gasteiger partial charge in [0.05, 0.1) is 15.5 Å². The van der Waals surface area contributed by atoms with Gasteiger partial charge in [-0.05, 0) is 19.1 Å². The minimum absolute atomic E-state index is 0.0236. The third kappa shape index (κ3) is 3.46. The van der Waals surface area contributed by atoms with Gasteiger partial charge >= 0.3 is 5.97 Å². The minimum atomic E-state index is -1.11. The van der Waals surface area contributed by atoms with Crippen LogP contribution in [0, 0.1) is 17.0 Å². The van der Waals surface area contributed by atoms with Gasteiger partial charge in [-0.1, -0.05) is 11.6 Å². The van der Waals surface area contributed by atoms with E-state index < -0.39 is 10.9 Å². The van der Waals surface area contributed by atoms with E-state index >= 15 is 0 Å². The van der Waals surface area contributed by atoms with E-state index in [9.17, 15) is 14.9 Å². The number of halogens is 1. The first-order valence-electron chi connectivity index (χ1n) is 5.70. The fourth-order valence-corrected chi connectivity index (χ4v) is 1.83. The van der Waals surface area contributed by atoms with Gasteiger partial charge in [-0.25, -0.2) is 9.78 Å². The summed E-state index contributed by atoms with van der Waals surface area (Å²) in [5, 5.41) is 19.6. The zero-order valence-electron chi connectivity index (χ0n) is 10.7. The predicted molar refractivity (Wildman–Crippen MR) is 74.1 cm³/mol. The van der Waals surface area contributed by atoms with Crippen LogP contribution in [0.15, 0.2) is 30.3 Å². The molecule has 0 bridgehead atoms. The summed E-state index contributed by atoms with van der Waals surface area (Å²) in [7, 11) is 0. The summed E-state index contributed by atoms with van der Waals surface area (Å²) >= 11 is 5.89. The number of aromatic nitrogens is 1. The monoisotopic (exact) mass is 308 g/mol. The fraction of sp³-hybridized carbons (Fsp3) is 0.0769. The van der Waals surface area contributed by atoms with Crippen LogP contribution < -0.4 is 4.74 Å². The minimum Gasteiger partial charge on any atom is -0.478 e. The van der Waals surface area contributed by atoms with Crippen molar-refractivity contribution in [1.29, 1.82) is 0 Å². The van der Waals surface area contributed by atoms with Gasteiger partial charge in [0.2, 0.25) is 5.88 Å². The molecule has 2 rings (SSSR count). The van der Waals surface area contributed by atoms with Gasteiger partial charge in [-0.2, -0.15) is 0 Å². The molecule has 0 saturated heterocycles. The van der Waals surface area contributed by atoms with Crippen LogP contribution in [0.5, 0.6) is 11.6 Å². The van der Waals surface area contributed by atoms with E-state index in [1.807, 2.05) is 0 Å². The van der Waals surface area contributed by atoms with Crippen LogP contribution in [0.3, 0.4) is 0 Å². The fourth-order valence-electron chi connectivity index (χ4n) is 1.61. The quantitative estimate of drug-likeness (QED) is 0.685. The highest BCUT2D eigenvalue weighted by Crippen LogP contribution is 2.32. The molecule has 0 amide bonds. The molecule has 0 aliphatic heterocycles. The molecule has 8 heteroatoms. The van der Waals surface area contributed by atoms with Crippen LogP contribution in [0.1, 0.15) is 16.1 Å². The average Bonchev–Trinajstić information content (AvgIpc) is 2.40. The van der Waals surface area contributed by atoms with Gasteiger partial charge in [0.25, 0.3) is 5.69 Å². The molecule has 0 atom stereocenters. The molecule has 0 spiro atoms. The first-order valence-corrected chi connectivity index (χ1v) is 6.08. The van der Waals surface area contributed by atoms with Crippen molar-refractivity contribution < 1.29 is 19.6 Å². The van der Waals surface area contributed by atoms with Crippen LogP contribution in [-0.2, 0) is 0 Å². The number of nitrogens with zero attached hydrogens (tertiary/aromatic N) is 2. The van der Waals surface area contributed by atoms with Crippen LogP contribution in [-0.4, -0.2) is 21.0 Å². The van der Waals surface area contributed by atoms with Crippen LogP contribution in [0.4, 0.5) is 5.69 Å². The maximum atomic E-state index is 11.0. The van der Waals surface area contributed by atoms with Crippen molar-refractivity contribution in [3.8, 4) is 11.6 Å². The highest BCUT2D eigenvalue weighted by atomic mass is 35.5. The van der Waals surface area contributed by atoms with Gasteiger partial charge in [-0.15, -0.1) is 0 Å². The Morgan fingerprint density at radius 2 is 2.10 bits per heavy atom. The molecule has 0 saturated carbocycles. The zero-order valence-corrected chi connectivity index (χ0v) is 11.5. The number of ether oxygens (including phenoxy) is 1. The number of aryl methyl sites for hydroxylation is 1. The van der Waals surface area contributed by atoms with E-state index in [1.54, 1.807) is 6.92 Å². The summed E-state index contributed by atoms with van der Waals surface area (Å²) < 4.78 is 5.39. The van der Waals surface area contributed by atoms with Gasteiger partial charge < -0.3 is 9.84 Å². The topological polar surface area (TPSA) is 103 Å². The maximum absolute atomic E-state index is 11.0. The number of non-ortho nitro benzene ring substituents is 1. The van der Waals surface area contributed by atoms with Gasteiger partial charge in [-0.3, -0.25) is 10.1 Å². The summed E-state index contributed by atoms with van der Waals surface area (Å²) in [4.78, 5) is 25.0. The molecule has 108 valence electrons. The molecule has 1 heterocycles. The smallest absolute Gasteiger partial charge is 0.335 e. The van der Waals surface area contributed by atoms with Crippen LogP contribution >= 0.6 is 11.6 Å². The summed E-state index contributed by atoms with van der Waals surface area (Å²) in [5.74, 6) is -0.917. The second-order valence-corrected chi connectivity index (χ2v) is 4.52. The molecule has 2 aromatic rings. The van der Waals surface area contributed by atoms with E-state index in [4.69, 9.17) is 21.4 Å². The summed E-state index contributed by atoms with van der Waals surface area (Å²) in [6.45, 7) is 1.62. The third-order valence-electron chi connectivity index (χ3n) is 2.52. The molecule has 0 radical (unpaired) electrons. The Morgan fingerprint density at radius 1 is 1.38 bits per heavy atom. The number of aromatic carboxylic acids is 1. The molecule has 1 aromatic heterocycles. The number of hydrogen-bond acceptors (Lipinski definition) is 5. The molecule has 7 nitrogen and oxygen atoms in total. The van der Waals surface area contributed by atoms with Crippen molar-refractivity contribution >= 4 is 23.3 Å². The normalized spacial score (nSPS) is 10.2. The lowest BCUT2D eigenvalue weighted by Gasteiger charge is -2.08. The van der Waals surface area contributed by atoms with Crippen molar-refractivity contribution in [2.24, 2.45) is 0 Å². The number of pyridine rings is 1. The molecule has 0 unspecified atom stereocenters. The molecule has 0 aliphatic rings. The van der Waals surface area contributed by atoms with Crippen molar-refractivity contribution in [2.75, 3.05) is 0 Å². The van der Waals surface area contributed by atoms with Gasteiger partial charge in [0.1, 0.15) is 5.75 Å². The van der Waals surface area contributed by atoms with E-state index in [2.05, 4.69) is 4.98 Å². The number of nitro benzene ring substituents is 1. The average molecular weight is 309 g/mol. The summed E-state index contributed by atoms with van der Waals surface area (Å²) in [6, 6.07) is 6.34. The van der Waals surface area contributed by atoms with E-state index in [0.29, 0.717) is 5.69 Å². The molecule has 0 fully saturated rings. The van der Waals surface area contributed by atoms with Crippen molar-refractivity contribution in [2.45, 2.75) is 6.92 Å². The SMILES string of the molecule is Cc1cc(C(=O)O)cc(Oc2ccc([N+](=O)[O-])cc2Cl)n1. The second kappa shape index (κ2) is 5.76. The number of carboxylic acids is 1. The second-order valence-electron chi connectivity index (χ2n) is 4.11. The summed E-state index contributed by atoms with van der Waals surface area (Å²) in [5.41, 5.74) is 0.314. The predicted octanol–water partition coefficient (Wildman–Crippen LogP) is 3.44. The van der Waals surface area contributed by atoms with Crippen molar-refractivity contribution in [3.63, 3.8) is 0 Å². The third-order valence-corrected chi connectivity index (χ3v) is 2.81. The Balaban J connectivity index is 2.34. The number of carbonyl (C=O) groups is 1. The highest BCUT2D eigenvalue weighted by molar-refractivity contribution is 6.32. The highest BCUT2D eigenvalue weighted by Gasteiger charge is 2.13. The van der Waals surface area contributed by atoms with Gasteiger partial charge in [0, 0.05) is 23.9 Å².